The van der Waals surface area contributed by atoms with Crippen LogP contribution in [0.25, 0.3) is 0 Å². The first-order valence-corrected chi connectivity index (χ1v) is 8.46. The Balaban J connectivity index is 0.00000288. The van der Waals surface area contributed by atoms with Crippen molar-refractivity contribution in [2.45, 2.75) is 25.7 Å². The summed E-state index contributed by atoms with van der Waals surface area (Å²) < 4.78 is 0.989. The van der Waals surface area contributed by atoms with Crippen LogP contribution in [0.3, 0.4) is 0 Å². The Morgan fingerprint density at radius 3 is 1.62 bits per heavy atom. The lowest BCUT2D eigenvalue weighted by molar-refractivity contribution is -0.906. The van der Waals surface area contributed by atoms with E-state index in [9.17, 15) is 5.26 Å². The summed E-state index contributed by atoms with van der Waals surface area (Å²) in [7, 11) is 2.28. The number of nitriles is 1. The van der Waals surface area contributed by atoms with Crippen molar-refractivity contribution in [2.75, 3.05) is 26.7 Å². The zero-order valence-electron chi connectivity index (χ0n) is 14.9. The Labute approximate surface area is 163 Å². The highest BCUT2D eigenvalue weighted by atomic mass is 127. The molecule has 0 aromatic heterocycles. The van der Waals surface area contributed by atoms with Crippen molar-refractivity contribution in [3.05, 3.63) is 71.8 Å². The van der Waals surface area contributed by atoms with Crippen LogP contribution >= 0.6 is 0 Å². The van der Waals surface area contributed by atoms with E-state index in [1.54, 1.807) is 0 Å². The average Bonchev–Trinajstić information content (AvgIpc) is 2.64. The first-order valence-electron chi connectivity index (χ1n) is 8.46. The van der Waals surface area contributed by atoms with E-state index >= 15 is 0 Å². The third-order valence-corrected chi connectivity index (χ3v) is 5.28. The molecule has 0 bridgehead atoms. The SMILES string of the molecule is CC[N+](C)(CC)CCC(C#N)(c1ccccc1)c1ccccc1.[I-]. The summed E-state index contributed by atoms with van der Waals surface area (Å²) in [5.74, 6) is 0. The van der Waals surface area contributed by atoms with E-state index in [0.717, 1.165) is 41.7 Å². The fourth-order valence-corrected chi connectivity index (χ4v) is 3.06. The summed E-state index contributed by atoms with van der Waals surface area (Å²) in [6.45, 7) is 7.61. The minimum Gasteiger partial charge on any atom is -1.00 e. The zero-order chi connectivity index (χ0) is 16.8. The van der Waals surface area contributed by atoms with Crippen molar-refractivity contribution in [1.29, 1.82) is 5.26 Å². The van der Waals surface area contributed by atoms with Crippen LogP contribution in [0.1, 0.15) is 31.4 Å². The van der Waals surface area contributed by atoms with Crippen molar-refractivity contribution < 1.29 is 28.5 Å². The molecule has 24 heavy (non-hydrogen) atoms. The van der Waals surface area contributed by atoms with Gasteiger partial charge in [0.25, 0.3) is 0 Å². The van der Waals surface area contributed by atoms with Gasteiger partial charge in [-0.05, 0) is 25.0 Å². The molecule has 0 radical (unpaired) electrons. The Morgan fingerprint density at radius 2 is 1.29 bits per heavy atom. The predicted molar refractivity (Wildman–Crippen MR) is 96.0 cm³/mol. The zero-order valence-corrected chi connectivity index (χ0v) is 17.0. The van der Waals surface area contributed by atoms with Gasteiger partial charge in [-0.1, -0.05) is 60.7 Å². The molecule has 0 saturated heterocycles. The smallest absolute Gasteiger partial charge is 0.112 e. The molecule has 0 atom stereocenters. The highest BCUT2D eigenvalue weighted by Crippen LogP contribution is 2.35. The highest BCUT2D eigenvalue weighted by molar-refractivity contribution is 5.45. The Hall–Kier alpha value is -1.38. The Morgan fingerprint density at radius 1 is 0.875 bits per heavy atom. The molecule has 128 valence electrons. The quantitative estimate of drug-likeness (QED) is 0.477. The second-order valence-electron chi connectivity index (χ2n) is 6.47. The van der Waals surface area contributed by atoms with Gasteiger partial charge < -0.3 is 28.5 Å². The average molecular weight is 434 g/mol. The number of hydrogen-bond donors (Lipinski definition) is 0. The first-order chi connectivity index (χ1) is 11.1. The molecule has 0 N–H and O–H groups in total. The monoisotopic (exact) mass is 434 g/mol. The van der Waals surface area contributed by atoms with E-state index in [1.165, 1.54) is 0 Å². The molecule has 0 saturated carbocycles. The minimum absolute atomic E-state index is 0. The maximum Gasteiger partial charge on any atom is 0.112 e. The van der Waals surface area contributed by atoms with Crippen LogP contribution in [0.15, 0.2) is 60.7 Å². The van der Waals surface area contributed by atoms with Crippen LogP contribution in [-0.2, 0) is 5.41 Å². The molecule has 0 heterocycles. The van der Waals surface area contributed by atoms with Gasteiger partial charge in [-0.2, -0.15) is 5.26 Å². The lowest BCUT2D eigenvalue weighted by atomic mass is 9.73. The van der Waals surface area contributed by atoms with Crippen LogP contribution in [0.5, 0.6) is 0 Å². The third kappa shape index (κ3) is 4.37. The third-order valence-electron chi connectivity index (χ3n) is 5.28. The van der Waals surface area contributed by atoms with Crippen molar-refractivity contribution >= 4 is 0 Å². The van der Waals surface area contributed by atoms with Crippen LogP contribution < -0.4 is 24.0 Å². The Kier molecular flexibility index (Phi) is 7.92. The molecule has 3 heteroatoms. The van der Waals surface area contributed by atoms with Gasteiger partial charge in [0.05, 0.1) is 32.8 Å². The van der Waals surface area contributed by atoms with Crippen molar-refractivity contribution in [2.24, 2.45) is 0 Å². The molecule has 0 aliphatic heterocycles. The molecule has 0 fully saturated rings. The molecule has 0 spiro atoms. The fraction of sp³-hybridized carbons (Fsp3) is 0.381. The number of benzene rings is 2. The van der Waals surface area contributed by atoms with Gasteiger partial charge in [-0.15, -0.1) is 0 Å². The van der Waals surface area contributed by atoms with Crippen LogP contribution in [0.2, 0.25) is 0 Å². The van der Waals surface area contributed by atoms with Gasteiger partial charge in [0.2, 0.25) is 0 Å². The lowest BCUT2D eigenvalue weighted by Crippen LogP contribution is -3.00. The van der Waals surface area contributed by atoms with E-state index in [1.807, 2.05) is 36.4 Å². The maximum atomic E-state index is 10.2. The summed E-state index contributed by atoms with van der Waals surface area (Å²) in [5.41, 5.74) is 1.60. The van der Waals surface area contributed by atoms with E-state index in [-0.39, 0.29) is 24.0 Å². The van der Waals surface area contributed by atoms with Gasteiger partial charge >= 0.3 is 0 Å². The number of quaternary nitrogens is 1. The summed E-state index contributed by atoms with van der Waals surface area (Å²) in [6.07, 6.45) is 0.829. The normalized spacial score (nSPS) is 11.4. The molecule has 2 nitrogen and oxygen atoms in total. The summed E-state index contributed by atoms with van der Waals surface area (Å²) >= 11 is 0. The second kappa shape index (κ2) is 9.19. The summed E-state index contributed by atoms with van der Waals surface area (Å²) in [5, 5.41) is 10.2. The highest BCUT2D eigenvalue weighted by Gasteiger charge is 2.36. The van der Waals surface area contributed by atoms with Crippen molar-refractivity contribution in [1.82, 2.24) is 0 Å². The number of halogens is 1. The van der Waals surface area contributed by atoms with E-state index in [4.69, 9.17) is 0 Å². The second-order valence-corrected chi connectivity index (χ2v) is 6.47. The number of hydrogen-bond acceptors (Lipinski definition) is 1. The van der Waals surface area contributed by atoms with E-state index in [2.05, 4.69) is 51.2 Å². The molecule has 2 aromatic rings. The topological polar surface area (TPSA) is 23.8 Å². The number of nitrogens with zero attached hydrogens (tertiary/aromatic N) is 2. The lowest BCUT2D eigenvalue weighted by Gasteiger charge is -2.36. The predicted octanol–water partition coefficient (Wildman–Crippen LogP) is 1.38. The van der Waals surface area contributed by atoms with E-state index in [0.29, 0.717) is 0 Å². The molecule has 0 unspecified atom stereocenters. The largest absolute Gasteiger partial charge is 1.00 e. The van der Waals surface area contributed by atoms with Crippen LogP contribution in [0, 0.1) is 11.3 Å². The molecule has 0 amide bonds. The van der Waals surface area contributed by atoms with Crippen LogP contribution in [0.4, 0.5) is 0 Å². The molecular formula is C21H27IN2. The van der Waals surface area contributed by atoms with Gasteiger partial charge in [-0.25, -0.2) is 0 Å². The Bertz CT molecular complexity index is 603. The summed E-state index contributed by atoms with van der Waals surface area (Å²) in [4.78, 5) is 0. The first kappa shape index (κ1) is 20.7. The van der Waals surface area contributed by atoms with Crippen molar-refractivity contribution in [3.63, 3.8) is 0 Å². The van der Waals surface area contributed by atoms with E-state index < -0.39 is 5.41 Å². The van der Waals surface area contributed by atoms with Gasteiger partial charge in [0.15, 0.2) is 0 Å². The molecule has 0 aliphatic carbocycles. The molecule has 0 aliphatic rings. The van der Waals surface area contributed by atoms with Gasteiger partial charge in [0, 0.05) is 6.42 Å². The minimum atomic E-state index is -0.577. The van der Waals surface area contributed by atoms with Gasteiger partial charge in [0.1, 0.15) is 5.41 Å². The molecule has 2 rings (SSSR count). The molecule has 2 aromatic carbocycles. The maximum absolute atomic E-state index is 10.2. The van der Waals surface area contributed by atoms with Crippen LogP contribution in [-0.4, -0.2) is 31.2 Å². The number of rotatable bonds is 7. The summed E-state index contributed by atoms with van der Waals surface area (Å²) in [6, 6.07) is 23.1. The van der Waals surface area contributed by atoms with Crippen molar-refractivity contribution in [3.8, 4) is 6.07 Å². The fourth-order valence-electron chi connectivity index (χ4n) is 3.06. The molecular weight excluding hydrogens is 407 g/mol. The van der Waals surface area contributed by atoms with Gasteiger partial charge in [-0.3, -0.25) is 0 Å². The standard InChI is InChI=1S/C21H27N2.HI/c1-4-23(3,5-2)17-16-21(18-22,19-12-8-6-9-13-19)20-14-10-7-11-15-20;/h6-15H,4-5,16-17H2,1-3H3;1H/q+1;/p-1.